The van der Waals surface area contributed by atoms with E-state index in [0.29, 0.717) is 33.9 Å². The molecule has 0 atom stereocenters. The van der Waals surface area contributed by atoms with E-state index in [2.05, 4.69) is 27.1 Å². The molecule has 1 aliphatic heterocycles. The molecule has 1 aliphatic carbocycles. The molecule has 0 saturated heterocycles. The molecule has 0 radical (unpaired) electrons. The molecule has 0 saturated carbocycles. The average Bonchev–Trinajstić information content (AvgIpc) is 0.939. The molecule has 0 fully saturated rings. The van der Waals surface area contributed by atoms with Crippen LogP contribution in [0.4, 0.5) is 0 Å². The fourth-order valence-electron chi connectivity index (χ4n) is 13.3. The predicted molar refractivity (Wildman–Crippen MR) is 401 cm³/mol. The van der Waals surface area contributed by atoms with Crippen molar-refractivity contribution in [1.82, 2.24) is 14.1 Å². The van der Waals surface area contributed by atoms with Crippen LogP contribution in [0.5, 0.6) is 11.5 Å². The lowest BCUT2D eigenvalue weighted by molar-refractivity contribution is -0.570. The maximum Gasteiger partial charge on any atom is 0.269 e. The number of ether oxygens (including phenoxy) is 1. The van der Waals surface area contributed by atoms with Gasteiger partial charge in [-0.1, -0.05) is 278 Å². The van der Waals surface area contributed by atoms with E-state index < -0.39 is 246 Å². The number of nitrogens with zero attached hydrogens (tertiary/aromatic N) is 4. The van der Waals surface area contributed by atoms with Crippen LogP contribution in [0, 0.1) is 6.33 Å². The highest BCUT2D eigenvalue weighted by Gasteiger charge is 2.42. The van der Waals surface area contributed by atoms with Gasteiger partial charge in [-0.2, -0.15) is 0 Å². The van der Waals surface area contributed by atoms with E-state index in [1.807, 2.05) is 53.1 Å². The van der Waals surface area contributed by atoms with Crippen LogP contribution >= 0.6 is 0 Å². The first-order valence-electron chi connectivity index (χ1n) is 49.5. The number of fused-ring (bicyclic) bond motifs is 11. The molecule has 17 rings (SSSR count). The van der Waals surface area contributed by atoms with E-state index >= 15 is 0 Å². The van der Waals surface area contributed by atoms with Crippen molar-refractivity contribution in [2.24, 2.45) is 0 Å². The molecule has 2 aliphatic rings. The first-order chi connectivity index (χ1) is 62.4. The summed E-state index contributed by atoms with van der Waals surface area (Å²) in [4.78, 5) is 4.85. The van der Waals surface area contributed by atoms with E-state index in [0.717, 1.165) is 27.4 Å². The second-order valence-corrected chi connectivity index (χ2v) is 28.0. The second-order valence-electron chi connectivity index (χ2n) is 24.5. The fraction of sp³-hybridized carbons (Fsp3) is 0.133. The van der Waals surface area contributed by atoms with Gasteiger partial charge in [-0.15, -0.1) is 0 Å². The van der Waals surface area contributed by atoms with Crippen LogP contribution < -0.4 is 30.1 Å². The molecule has 3 aromatic heterocycles. The van der Waals surface area contributed by atoms with Crippen molar-refractivity contribution < 1.29 is 61.4 Å². The molecule has 0 amide bonds. The summed E-state index contributed by atoms with van der Waals surface area (Å²) in [6.45, 7) is -11.5. The number of benzene rings is 12. The molecule has 0 spiro atoms. The molecule has 6 heteroatoms. The number of hydrogen-bond acceptors (Lipinski definition) is 2. The molecule has 0 N–H and O–H groups in total. The van der Waals surface area contributed by atoms with Crippen molar-refractivity contribution in [2.75, 3.05) is 0 Å². The topological polar surface area (TPSA) is 35.9 Å². The second kappa shape index (κ2) is 22.6. The Morgan fingerprint density at radius 1 is 0.490 bits per heavy atom. The monoisotopic (exact) mass is 1290 g/mol. The first kappa shape index (κ1) is 31.1. The Kier molecular flexibility index (Phi) is 7.33. The van der Waals surface area contributed by atoms with Gasteiger partial charge >= 0.3 is 0 Å². The molecule has 464 valence electrons. The zero-order valence-electron chi connectivity index (χ0n) is 89.3. The van der Waals surface area contributed by atoms with Crippen LogP contribution in [0.15, 0.2) is 297 Å². The van der Waals surface area contributed by atoms with Crippen molar-refractivity contribution >= 4 is 61.7 Å². The average molecular weight is 1290 g/mol. The van der Waals surface area contributed by atoms with Crippen molar-refractivity contribution in [3.8, 4) is 84.3 Å². The van der Waals surface area contributed by atoms with Crippen LogP contribution in [-0.4, -0.2) is 22.2 Å². The third-order valence-electron chi connectivity index (χ3n) is 17.7. The van der Waals surface area contributed by atoms with Crippen molar-refractivity contribution in [3.63, 3.8) is 0 Å². The van der Waals surface area contributed by atoms with Gasteiger partial charge in [0.1, 0.15) is 17.3 Å². The normalized spacial score (nSPS) is 21.1. The van der Waals surface area contributed by atoms with Crippen molar-refractivity contribution in [2.45, 2.75) is 77.2 Å². The van der Waals surface area contributed by atoms with Crippen molar-refractivity contribution in [1.29, 1.82) is 0 Å². The van der Waals surface area contributed by atoms with Crippen LogP contribution in [0.1, 0.15) is 130 Å². The number of imidazole rings is 1. The maximum absolute atomic E-state index is 11.3. The lowest BCUT2D eigenvalue weighted by Gasteiger charge is -2.42. The van der Waals surface area contributed by atoms with Gasteiger partial charge in [-0.05, 0) is 177 Å². The summed E-state index contributed by atoms with van der Waals surface area (Å²) in [6.07, 6.45) is -4.15. The van der Waals surface area contributed by atoms with E-state index in [4.69, 9.17) is 30.3 Å². The fourth-order valence-corrected chi connectivity index (χ4v) is 16.8. The Bertz CT molecular complexity index is 7360. The third kappa shape index (κ3) is 9.63. The smallest absolute Gasteiger partial charge is 0.269 e. The lowest BCUT2D eigenvalue weighted by atomic mass is 9.63. The number of para-hydroxylation sites is 3. The molecule has 5 nitrogen and oxygen atoms in total. The third-order valence-corrected chi connectivity index (χ3v) is 21.7. The minimum Gasteiger partial charge on any atom is -0.458 e. The number of rotatable bonds is 10. The Balaban J connectivity index is 1.03. The Morgan fingerprint density at radius 2 is 1.10 bits per heavy atom. The molecule has 0 unspecified atom stereocenters. The van der Waals surface area contributed by atoms with E-state index in [9.17, 15) is 31.5 Å². The summed E-state index contributed by atoms with van der Waals surface area (Å²) in [7, 11) is -6.61. The molecule has 96 heavy (non-hydrogen) atoms. The quantitative estimate of drug-likeness (QED) is 0.0592. The van der Waals surface area contributed by atoms with Gasteiger partial charge in [0, 0.05) is 45.0 Å². The van der Waals surface area contributed by atoms with Gasteiger partial charge in [0.05, 0.1) is 63.6 Å². The van der Waals surface area contributed by atoms with Gasteiger partial charge in [0.2, 0.25) is 0 Å². The number of aromatic nitrogens is 4. The summed E-state index contributed by atoms with van der Waals surface area (Å²) >= 11 is 0. The Hall–Kier alpha value is -10.9. The summed E-state index contributed by atoms with van der Waals surface area (Å²) in [6, 6.07) is 16.1. The van der Waals surface area contributed by atoms with Gasteiger partial charge in [0.15, 0.2) is 8.07 Å². The molecule has 0 bridgehead atoms. The maximum atomic E-state index is 11.3. The SMILES string of the molecule is [2H]c1c([2H])c([2H])c([Si](c2c([2H])c([2H])c([2H])c([2H])c2[2H])(c2c([2H])c([2H])c([2H])c([2H])c2[2H])c2c([2H])c([2H])c([2H])c(-c3cccc4c3-[n+]3[c-]n(-c5cccc(Oc6ccc7c8ccccc8n(-c8cc(C(C)(C)C)ccn8)c7c6)c5)c5cccc(c53)-c3ccccc3-c3ccc(-c5c([2H])c([2H])c6c(c5[2H])C(C([2H])([2H])[2H])(C([2H])([2H])[2H])C([2H])([2H])C([2H])([2H])C6(C([2H])([2H])[2H])C([2H])([2H])[2H])cc3-4)c2[2H])c([2H])c1[2H]. The predicted octanol–water partition coefficient (Wildman–Crippen LogP) is 19.7. The highest BCUT2D eigenvalue weighted by Crippen LogP contribution is 2.50. The van der Waals surface area contributed by atoms with E-state index in [1.54, 1.807) is 83.6 Å². The largest absolute Gasteiger partial charge is 0.458 e. The van der Waals surface area contributed by atoms with Crippen molar-refractivity contribution in [3.05, 3.63) is 320 Å². The standard InChI is InChI=1S/C90H74N4OSi/c1-88(2,3)63-49-52-91-85(56-63)94-82-41-20-19-37-75(82)76-47-45-66(58-84(76)94)95-65-27-22-26-64(57-65)92-59-93-86-71(62-25-21-34-70(53-62)96(67-28-11-8-12-29-67,68-30-13-9-14-31-68)69-32-15-10-16-33-69)38-23-39-78(86)79-54-60(61-44-48-80-81(55-61)90(6,7)51-50-89(80,4)5)43-46-74(79)72-35-17-18-36-73(72)77-40-24-42-83(92)87(77)93/h8-49,52-58H,50-51H2,1-7H3/i4D3,5D3,6D3,7D3,8D,9D,10D,11D,12D,13D,14D,15D,16D,21D,25D,28D,29D,30D,31D,32D,33D,34D,44D,48D,50D2,51D2,53D,55D. The summed E-state index contributed by atoms with van der Waals surface area (Å²) in [5.74, 6) is 1.24. The zero-order chi connectivity index (χ0) is 97.8. The van der Waals surface area contributed by atoms with Crippen LogP contribution in [0.2, 0.25) is 0 Å². The summed E-state index contributed by atoms with van der Waals surface area (Å²) in [5, 5.41) is -2.80. The first-order valence-corrected chi connectivity index (χ1v) is 32.5. The number of hydrogen-bond donors (Lipinski definition) is 0. The van der Waals surface area contributed by atoms with E-state index in [-0.39, 0.29) is 44.6 Å². The minimum atomic E-state index is -6.61. The van der Waals surface area contributed by atoms with Gasteiger partial charge in [-0.3, -0.25) is 13.7 Å². The molecular formula is C90H74N4OSi. The lowest BCUT2D eigenvalue weighted by Crippen LogP contribution is -2.74. The molecule has 12 aromatic carbocycles. The minimum absolute atomic E-state index is 0.125. The van der Waals surface area contributed by atoms with Gasteiger partial charge < -0.3 is 4.74 Å². The molecule has 15 aromatic rings. The number of pyridine rings is 1. The van der Waals surface area contributed by atoms with Gasteiger partial charge in [-0.25, -0.2) is 4.98 Å². The van der Waals surface area contributed by atoms with Crippen LogP contribution in [0.25, 0.3) is 106 Å². The molecule has 4 heterocycles. The van der Waals surface area contributed by atoms with Crippen LogP contribution in [-0.2, 0) is 16.2 Å². The Morgan fingerprint density at radius 3 is 1.84 bits per heavy atom. The van der Waals surface area contributed by atoms with E-state index in [1.165, 1.54) is 41.0 Å². The zero-order valence-corrected chi connectivity index (χ0v) is 52.3. The summed E-state index contributed by atoms with van der Waals surface area (Å²) in [5.41, 5.74) is -11.5. The van der Waals surface area contributed by atoms with Crippen LogP contribution in [0.3, 0.4) is 0 Å². The highest BCUT2D eigenvalue weighted by atomic mass is 28.3. The highest BCUT2D eigenvalue weighted by molar-refractivity contribution is 7.20. The molecular weight excluding hydrogens is 1180 g/mol. The Labute approximate surface area is 617 Å². The van der Waals surface area contributed by atoms with Gasteiger partial charge in [0.25, 0.3) is 6.33 Å². The summed E-state index contributed by atoms with van der Waals surface area (Å²) < 4.78 is 375.